The number of carbonyl (C=O) groups is 3. The zero-order valence-corrected chi connectivity index (χ0v) is 18.1. The van der Waals surface area contributed by atoms with E-state index in [0.717, 1.165) is 22.6 Å². The van der Waals surface area contributed by atoms with E-state index in [2.05, 4.69) is 0 Å². The van der Waals surface area contributed by atoms with Crippen molar-refractivity contribution in [2.45, 2.75) is 50.7 Å². The molecule has 1 fully saturated rings. The van der Waals surface area contributed by atoms with Crippen molar-refractivity contribution in [3.63, 3.8) is 0 Å². The average Bonchev–Trinajstić information content (AvgIpc) is 2.87. The summed E-state index contributed by atoms with van der Waals surface area (Å²) < 4.78 is 27.2. The number of halogens is 2. The van der Waals surface area contributed by atoms with Gasteiger partial charge in [0, 0.05) is 13.1 Å². The number of benzene rings is 2. The van der Waals surface area contributed by atoms with Crippen molar-refractivity contribution in [1.29, 1.82) is 0 Å². The highest BCUT2D eigenvalue weighted by Gasteiger charge is 2.40. The summed E-state index contributed by atoms with van der Waals surface area (Å²) in [5.74, 6) is -3.44. The van der Waals surface area contributed by atoms with Crippen molar-refractivity contribution in [2.75, 3.05) is 7.05 Å². The molecule has 0 unspecified atom stereocenters. The number of amides is 3. The van der Waals surface area contributed by atoms with Gasteiger partial charge in [-0.1, -0.05) is 30.3 Å². The lowest BCUT2D eigenvalue weighted by Crippen LogP contribution is -2.56. The van der Waals surface area contributed by atoms with Gasteiger partial charge in [-0.2, -0.15) is 0 Å². The van der Waals surface area contributed by atoms with Gasteiger partial charge in [0.15, 0.2) is 0 Å². The summed E-state index contributed by atoms with van der Waals surface area (Å²) >= 11 is 0. The molecule has 0 aliphatic carbocycles. The van der Waals surface area contributed by atoms with Crippen molar-refractivity contribution >= 4 is 17.7 Å². The maximum atomic E-state index is 13.6. The number of imide groups is 1. The van der Waals surface area contributed by atoms with Crippen LogP contribution in [0.1, 0.15) is 43.4 Å². The quantitative estimate of drug-likeness (QED) is 0.770. The molecule has 0 saturated carbocycles. The predicted octanol–water partition coefficient (Wildman–Crippen LogP) is 2.96. The topological polar surface area (TPSA) is 83.7 Å². The summed E-state index contributed by atoms with van der Waals surface area (Å²) in [6.07, 6.45) is 1.13. The van der Waals surface area contributed by atoms with Crippen LogP contribution in [0.2, 0.25) is 0 Å². The number of hydrogen-bond donors (Lipinski definition) is 1. The molecular weight excluding hydrogens is 416 g/mol. The minimum absolute atomic E-state index is 0.0755. The summed E-state index contributed by atoms with van der Waals surface area (Å²) in [6.45, 7) is 1.43. The van der Waals surface area contributed by atoms with Gasteiger partial charge in [0.05, 0.1) is 18.5 Å². The van der Waals surface area contributed by atoms with Crippen molar-refractivity contribution < 1.29 is 23.2 Å². The lowest BCUT2D eigenvalue weighted by molar-refractivity contribution is -0.155. The summed E-state index contributed by atoms with van der Waals surface area (Å²) in [6, 6.07) is 10.1. The third kappa shape index (κ3) is 5.19. The second-order valence-electron chi connectivity index (χ2n) is 8.17. The van der Waals surface area contributed by atoms with Gasteiger partial charge in [-0.25, -0.2) is 8.78 Å². The first-order valence-corrected chi connectivity index (χ1v) is 10.6. The standard InChI is InChI=1S/C24H27F2N3O3/c1-15(27)23(31)29(22(30)13-16-11-18(25)14-19(26)12-16)21-10-6-9-20(28(2)24(21)32)17-7-4-3-5-8-17/h3-5,7-8,11-12,14-15,20-21H,6,9-10,13,27H2,1-2H3/t15-,20+,21+/m0/s1. The molecule has 3 rings (SSSR count). The molecule has 1 heterocycles. The summed E-state index contributed by atoms with van der Waals surface area (Å²) in [7, 11) is 1.65. The van der Waals surface area contributed by atoms with E-state index in [1.807, 2.05) is 30.3 Å². The normalized spacial score (nSPS) is 19.9. The fourth-order valence-electron chi connectivity index (χ4n) is 4.16. The van der Waals surface area contributed by atoms with Crippen LogP contribution in [0.3, 0.4) is 0 Å². The SMILES string of the molecule is C[C@H](N)C(=O)N(C(=O)Cc1cc(F)cc(F)c1)[C@@H]1CCC[C@H](c2ccccc2)N(C)C1=O. The second kappa shape index (κ2) is 9.99. The molecule has 2 N–H and O–H groups in total. The molecule has 32 heavy (non-hydrogen) atoms. The summed E-state index contributed by atoms with van der Waals surface area (Å²) in [5, 5.41) is 0. The van der Waals surface area contributed by atoms with E-state index in [1.165, 1.54) is 6.92 Å². The minimum atomic E-state index is -1.03. The van der Waals surface area contributed by atoms with E-state index >= 15 is 0 Å². The second-order valence-corrected chi connectivity index (χ2v) is 8.17. The Kier molecular flexibility index (Phi) is 7.35. The highest BCUT2D eigenvalue weighted by Crippen LogP contribution is 2.31. The molecule has 1 aliphatic rings. The zero-order valence-electron chi connectivity index (χ0n) is 18.1. The Morgan fingerprint density at radius 2 is 1.75 bits per heavy atom. The molecule has 0 radical (unpaired) electrons. The van der Waals surface area contributed by atoms with E-state index in [0.29, 0.717) is 18.9 Å². The molecule has 2 aromatic rings. The smallest absolute Gasteiger partial charge is 0.246 e. The van der Waals surface area contributed by atoms with Gasteiger partial charge in [-0.05, 0) is 49.4 Å². The largest absolute Gasteiger partial charge is 0.337 e. The van der Waals surface area contributed by atoms with Crippen molar-refractivity contribution in [1.82, 2.24) is 9.80 Å². The van der Waals surface area contributed by atoms with Crippen molar-refractivity contribution in [3.05, 3.63) is 71.3 Å². The Balaban J connectivity index is 1.90. The van der Waals surface area contributed by atoms with Gasteiger partial charge in [0.1, 0.15) is 17.7 Å². The van der Waals surface area contributed by atoms with E-state index in [-0.39, 0.29) is 23.9 Å². The van der Waals surface area contributed by atoms with Gasteiger partial charge in [0.25, 0.3) is 0 Å². The Morgan fingerprint density at radius 3 is 2.34 bits per heavy atom. The third-order valence-electron chi connectivity index (χ3n) is 5.72. The Hall–Kier alpha value is -3.13. The lowest BCUT2D eigenvalue weighted by Gasteiger charge is -2.33. The van der Waals surface area contributed by atoms with Gasteiger partial charge in [-0.3, -0.25) is 19.3 Å². The van der Waals surface area contributed by atoms with Crippen LogP contribution >= 0.6 is 0 Å². The number of rotatable bonds is 5. The van der Waals surface area contributed by atoms with Crippen LogP contribution in [0.5, 0.6) is 0 Å². The molecule has 3 amide bonds. The molecule has 1 aliphatic heterocycles. The monoisotopic (exact) mass is 443 g/mol. The maximum absolute atomic E-state index is 13.6. The molecule has 0 aromatic heterocycles. The van der Waals surface area contributed by atoms with Crippen molar-refractivity contribution in [3.8, 4) is 0 Å². The Morgan fingerprint density at radius 1 is 1.12 bits per heavy atom. The van der Waals surface area contributed by atoms with Crippen LogP contribution < -0.4 is 5.73 Å². The van der Waals surface area contributed by atoms with Crippen LogP contribution in [-0.4, -0.2) is 46.7 Å². The van der Waals surface area contributed by atoms with E-state index < -0.39 is 42.0 Å². The van der Waals surface area contributed by atoms with Gasteiger partial charge >= 0.3 is 0 Å². The van der Waals surface area contributed by atoms with Crippen LogP contribution in [0.15, 0.2) is 48.5 Å². The fraction of sp³-hybridized carbons (Fsp3) is 0.375. The number of likely N-dealkylation sites (N-methyl/N-ethyl adjacent to an activating group) is 1. The third-order valence-corrected chi connectivity index (χ3v) is 5.72. The maximum Gasteiger partial charge on any atom is 0.246 e. The number of nitrogens with two attached hydrogens (primary N) is 1. The molecule has 1 saturated heterocycles. The number of likely N-dealkylation sites (tertiary alicyclic amines) is 1. The molecule has 3 atom stereocenters. The molecular formula is C24H27F2N3O3. The van der Waals surface area contributed by atoms with Crippen LogP contribution in [0.25, 0.3) is 0 Å². The highest BCUT2D eigenvalue weighted by molar-refractivity contribution is 6.02. The highest BCUT2D eigenvalue weighted by atomic mass is 19.1. The molecule has 8 heteroatoms. The van der Waals surface area contributed by atoms with Crippen molar-refractivity contribution in [2.24, 2.45) is 5.73 Å². The van der Waals surface area contributed by atoms with E-state index in [1.54, 1.807) is 11.9 Å². The first kappa shape index (κ1) is 23.5. The first-order valence-electron chi connectivity index (χ1n) is 10.6. The molecule has 2 aromatic carbocycles. The Bertz CT molecular complexity index is 977. The summed E-state index contributed by atoms with van der Waals surface area (Å²) in [5.41, 5.74) is 6.82. The number of carbonyl (C=O) groups excluding carboxylic acids is 3. The van der Waals surface area contributed by atoms with Crippen LogP contribution in [-0.2, 0) is 20.8 Å². The van der Waals surface area contributed by atoms with Gasteiger partial charge < -0.3 is 10.6 Å². The predicted molar refractivity (Wildman–Crippen MR) is 115 cm³/mol. The van der Waals surface area contributed by atoms with Gasteiger partial charge in [-0.15, -0.1) is 0 Å². The van der Waals surface area contributed by atoms with Gasteiger partial charge in [0.2, 0.25) is 17.7 Å². The minimum Gasteiger partial charge on any atom is -0.337 e. The molecule has 170 valence electrons. The first-order chi connectivity index (χ1) is 15.2. The van der Waals surface area contributed by atoms with Crippen LogP contribution in [0.4, 0.5) is 8.78 Å². The molecule has 6 nitrogen and oxygen atoms in total. The van der Waals surface area contributed by atoms with E-state index in [4.69, 9.17) is 5.73 Å². The summed E-state index contributed by atoms with van der Waals surface area (Å²) in [4.78, 5) is 41.8. The number of nitrogens with zero attached hydrogens (tertiary/aromatic N) is 2. The fourth-order valence-corrected chi connectivity index (χ4v) is 4.16. The van der Waals surface area contributed by atoms with E-state index in [9.17, 15) is 23.2 Å². The molecule has 0 bridgehead atoms. The number of hydrogen-bond acceptors (Lipinski definition) is 4. The lowest BCUT2D eigenvalue weighted by atomic mass is 10.0. The van der Waals surface area contributed by atoms with Crippen LogP contribution in [0, 0.1) is 11.6 Å². The molecule has 0 spiro atoms. The zero-order chi connectivity index (χ0) is 23.4. The average molecular weight is 443 g/mol. The Labute approximate surface area is 186 Å².